The summed E-state index contributed by atoms with van der Waals surface area (Å²) >= 11 is 0. The van der Waals surface area contributed by atoms with Gasteiger partial charge >= 0.3 is 5.97 Å². The molecule has 0 saturated heterocycles. The van der Waals surface area contributed by atoms with Gasteiger partial charge in [-0.2, -0.15) is 0 Å². The summed E-state index contributed by atoms with van der Waals surface area (Å²) in [6.45, 7) is 8.74. The van der Waals surface area contributed by atoms with Crippen LogP contribution in [-0.4, -0.2) is 34.4 Å². The Morgan fingerprint density at radius 2 is 1.74 bits per heavy atom. The van der Waals surface area contributed by atoms with E-state index in [9.17, 15) is 18.9 Å². The van der Waals surface area contributed by atoms with E-state index in [2.05, 4.69) is 6.58 Å². The Morgan fingerprint density at radius 3 is 2.26 bits per heavy atom. The molecule has 0 spiro atoms. The van der Waals surface area contributed by atoms with E-state index in [1.54, 1.807) is 18.2 Å². The number of nitrogens with zero attached hydrogens (tertiary/aromatic N) is 1. The van der Waals surface area contributed by atoms with E-state index in [0.717, 1.165) is 11.6 Å². The molecule has 0 bridgehead atoms. The van der Waals surface area contributed by atoms with E-state index >= 15 is 0 Å². The summed E-state index contributed by atoms with van der Waals surface area (Å²) in [4.78, 5) is 18.3. The van der Waals surface area contributed by atoms with Crippen molar-refractivity contribution in [2.24, 2.45) is 0 Å². The van der Waals surface area contributed by atoms with Gasteiger partial charge in [0.05, 0.1) is 17.5 Å². The zero-order chi connectivity index (χ0) is 25.8. The van der Waals surface area contributed by atoms with Crippen LogP contribution in [0.25, 0.3) is 22.4 Å². The highest BCUT2D eigenvalue weighted by molar-refractivity contribution is 7.43. The Labute approximate surface area is 205 Å². The highest BCUT2D eigenvalue weighted by atomic mass is 31.1. The van der Waals surface area contributed by atoms with Crippen LogP contribution in [0.5, 0.6) is 5.75 Å². The Balaban J connectivity index is 2.28. The van der Waals surface area contributed by atoms with Gasteiger partial charge in [-0.1, -0.05) is 62.4 Å². The summed E-state index contributed by atoms with van der Waals surface area (Å²) in [5.41, 5.74) is 3.06. The molecule has 8 heteroatoms. The molecule has 3 unspecified atom stereocenters. The third kappa shape index (κ3) is 5.27. The van der Waals surface area contributed by atoms with Crippen LogP contribution in [0.3, 0.4) is 0 Å². The molecule has 0 aliphatic rings. The lowest BCUT2D eigenvalue weighted by atomic mass is 9.97. The number of hydrogen-bond acceptors (Lipinski definition) is 6. The van der Waals surface area contributed by atoms with Gasteiger partial charge in [-0.25, -0.2) is 14.2 Å². The van der Waals surface area contributed by atoms with Gasteiger partial charge in [-0.3, -0.25) is 4.57 Å². The first-order valence-corrected chi connectivity index (χ1v) is 12.5. The maximum Gasteiger partial charge on any atom is 0.333 e. The van der Waals surface area contributed by atoms with E-state index in [-0.39, 0.29) is 11.7 Å². The molecular weight excluding hydrogens is 468 g/mol. The third-order valence-corrected chi connectivity index (χ3v) is 7.68. The van der Waals surface area contributed by atoms with Crippen LogP contribution in [0, 0.1) is 5.82 Å². The van der Waals surface area contributed by atoms with Gasteiger partial charge in [0.25, 0.3) is 0 Å². The number of benzene rings is 2. The molecule has 3 aromatic rings. The molecule has 1 heterocycles. The van der Waals surface area contributed by atoms with Crippen molar-refractivity contribution in [3.8, 4) is 28.1 Å². The number of pyridine rings is 1. The van der Waals surface area contributed by atoms with E-state index < -0.39 is 31.1 Å². The molecule has 35 heavy (non-hydrogen) atoms. The third-order valence-electron chi connectivity index (χ3n) is 5.81. The number of aromatic nitrogens is 1. The van der Waals surface area contributed by atoms with Crippen molar-refractivity contribution in [3.63, 3.8) is 0 Å². The molecule has 1 aromatic heterocycles. The summed E-state index contributed by atoms with van der Waals surface area (Å²) in [5, 5.41) is 8.45. The number of hydrogen-bond donors (Lipinski definition) is 1. The van der Waals surface area contributed by atoms with Crippen LogP contribution >= 0.6 is 8.03 Å². The lowest BCUT2D eigenvalue weighted by Crippen LogP contribution is -2.46. The fraction of sp³-hybridized carbons (Fsp3) is 0.259. The molecule has 184 valence electrons. The quantitative estimate of drug-likeness (QED) is 0.221. The number of halogens is 1. The minimum Gasteiger partial charge on any atom is -0.423 e. The Bertz CT molecular complexity index is 1230. The van der Waals surface area contributed by atoms with Crippen molar-refractivity contribution in [1.82, 2.24) is 4.98 Å². The standard InChI is InChI=1S/C27H29FNO5P/c1-6-27(18(4)30,35(32)33-5)26(31)34-25-22(19-12-14-21(28)15-13-19)16-23(29-24(25)17(2)3)20-10-8-7-9-11-20/h6-18,30,35H,1H2,2-5H3. The summed E-state index contributed by atoms with van der Waals surface area (Å²) in [7, 11) is -1.93. The van der Waals surface area contributed by atoms with E-state index in [4.69, 9.17) is 14.2 Å². The van der Waals surface area contributed by atoms with E-state index in [1.807, 2.05) is 44.2 Å². The minimum atomic E-state index is -3.12. The normalized spacial score (nSPS) is 14.7. The first-order valence-electron chi connectivity index (χ1n) is 11.1. The molecule has 1 N–H and O–H groups in total. The number of rotatable bonds is 9. The molecule has 0 aliphatic carbocycles. The van der Waals surface area contributed by atoms with Crippen LogP contribution < -0.4 is 4.74 Å². The summed E-state index contributed by atoms with van der Waals surface area (Å²) < 4.78 is 37.3. The second kappa shape index (κ2) is 11.1. The van der Waals surface area contributed by atoms with Gasteiger partial charge in [-0.15, -0.1) is 6.58 Å². The van der Waals surface area contributed by atoms with E-state index in [0.29, 0.717) is 22.5 Å². The zero-order valence-corrected chi connectivity index (χ0v) is 21.1. The second-order valence-corrected chi connectivity index (χ2v) is 10.2. The predicted molar refractivity (Wildman–Crippen MR) is 135 cm³/mol. The van der Waals surface area contributed by atoms with Crippen molar-refractivity contribution in [2.75, 3.05) is 7.11 Å². The van der Waals surface area contributed by atoms with E-state index in [1.165, 1.54) is 26.2 Å². The molecule has 0 radical (unpaired) electrons. The van der Waals surface area contributed by atoms with Crippen molar-refractivity contribution in [2.45, 2.75) is 37.9 Å². The van der Waals surface area contributed by atoms with Crippen molar-refractivity contribution < 1.29 is 28.1 Å². The number of carbonyl (C=O) groups excluding carboxylic acids is 1. The Hall–Kier alpha value is -3.12. The molecular formula is C27H29FNO5P. The molecule has 0 fully saturated rings. The molecule has 3 rings (SSSR count). The zero-order valence-electron chi connectivity index (χ0n) is 20.1. The lowest BCUT2D eigenvalue weighted by Gasteiger charge is -2.30. The summed E-state index contributed by atoms with van der Waals surface area (Å²) in [6.07, 6.45) is -0.296. The highest BCUT2D eigenvalue weighted by Crippen LogP contribution is 2.46. The highest BCUT2D eigenvalue weighted by Gasteiger charge is 2.49. The number of aliphatic hydroxyl groups excluding tert-OH is 1. The number of aliphatic hydroxyl groups is 1. The molecule has 0 amide bonds. The topological polar surface area (TPSA) is 85.7 Å². The lowest BCUT2D eigenvalue weighted by molar-refractivity contribution is -0.138. The monoisotopic (exact) mass is 497 g/mol. The second-order valence-electron chi connectivity index (χ2n) is 8.43. The number of esters is 1. The van der Waals surface area contributed by atoms with Crippen LogP contribution in [0.2, 0.25) is 0 Å². The Morgan fingerprint density at radius 1 is 1.11 bits per heavy atom. The van der Waals surface area contributed by atoms with Gasteiger partial charge in [-0.05, 0) is 36.6 Å². The largest absolute Gasteiger partial charge is 0.423 e. The first-order chi connectivity index (χ1) is 16.6. The smallest absolute Gasteiger partial charge is 0.333 e. The summed E-state index contributed by atoms with van der Waals surface area (Å²) in [5.74, 6) is -1.43. The van der Waals surface area contributed by atoms with Crippen molar-refractivity contribution >= 4 is 14.0 Å². The molecule has 6 nitrogen and oxygen atoms in total. The van der Waals surface area contributed by atoms with Gasteiger partial charge in [0, 0.05) is 18.2 Å². The van der Waals surface area contributed by atoms with Gasteiger partial charge < -0.3 is 14.4 Å². The van der Waals surface area contributed by atoms with Crippen LogP contribution in [0.1, 0.15) is 32.4 Å². The SMILES string of the molecule is C=CC(C(=O)Oc1c(-c2ccc(F)cc2)cc(-c2ccccc2)nc1C(C)C)(C(C)O)[PH](=O)OC. The number of carbonyl (C=O) groups is 1. The average Bonchev–Trinajstić information content (AvgIpc) is 2.85. The maximum atomic E-state index is 13.7. The van der Waals surface area contributed by atoms with Gasteiger partial charge in [0.15, 0.2) is 10.9 Å². The fourth-order valence-corrected chi connectivity index (χ4v) is 4.82. The van der Waals surface area contributed by atoms with Crippen LogP contribution in [-0.2, 0) is 13.9 Å². The van der Waals surface area contributed by atoms with Crippen molar-refractivity contribution in [3.05, 3.63) is 84.8 Å². The first kappa shape index (κ1) is 26.5. The molecule has 2 aromatic carbocycles. The molecule has 0 aliphatic heterocycles. The average molecular weight is 498 g/mol. The van der Waals surface area contributed by atoms with Crippen LogP contribution in [0.15, 0.2) is 73.3 Å². The fourth-order valence-electron chi connectivity index (χ4n) is 3.76. The summed E-state index contributed by atoms with van der Waals surface area (Å²) in [6, 6.07) is 17.0. The van der Waals surface area contributed by atoms with Gasteiger partial charge in [0.1, 0.15) is 5.82 Å². The number of ether oxygens (including phenoxy) is 1. The van der Waals surface area contributed by atoms with Crippen molar-refractivity contribution in [1.29, 1.82) is 0 Å². The predicted octanol–water partition coefficient (Wildman–Crippen LogP) is 6.01. The minimum absolute atomic E-state index is 0.133. The van der Waals surface area contributed by atoms with Gasteiger partial charge in [0.2, 0.25) is 8.03 Å². The molecule has 3 atom stereocenters. The van der Waals surface area contributed by atoms with Crippen LogP contribution in [0.4, 0.5) is 4.39 Å². The molecule has 0 saturated carbocycles. The maximum absolute atomic E-state index is 13.7. The Kier molecular flexibility index (Phi) is 8.39.